The SMILES string of the molecule is COc1cccc(CC(C)NC(=O)N(C)C2CCc3ccccc3C2)c1. The number of ether oxygens (including phenoxy) is 1. The van der Waals surface area contributed by atoms with Crippen LogP contribution in [-0.2, 0) is 19.3 Å². The quantitative estimate of drug-likeness (QED) is 0.889. The van der Waals surface area contributed by atoms with Crippen LogP contribution in [0.2, 0.25) is 0 Å². The predicted octanol–water partition coefficient (Wildman–Crippen LogP) is 3.83. The molecule has 0 aromatic heterocycles. The Morgan fingerprint density at radius 2 is 2.00 bits per heavy atom. The van der Waals surface area contributed by atoms with Gasteiger partial charge in [-0.3, -0.25) is 0 Å². The van der Waals surface area contributed by atoms with Crippen LogP contribution in [0.15, 0.2) is 48.5 Å². The first-order valence-corrected chi connectivity index (χ1v) is 9.30. The summed E-state index contributed by atoms with van der Waals surface area (Å²) in [6, 6.07) is 16.9. The van der Waals surface area contributed by atoms with Gasteiger partial charge in [0.05, 0.1) is 7.11 Å². The van der Waals surface area contributed by atoms with Crippen LogP contribution in [0, 0.1) is 0 Å². The lowest BCUT2D eigenvalue weighted by Gasteiger charge is -2.33. The fraction of sp³-hybridized carbons (Fsp3) is 0.409. The Hall–Kier alpha value is -2.49. The molecule has 0 radical (unpaired) electrons. The molecule has 2 aromatic rings. The molecule has 2 unspecified atom stereocenters. The van der Waals surface area contributed by atoms with Crippen molar-refractivity contribution in [3.8, 4) is 5.75 Å². The van der Waals surface area contributed by atoms with Crippen LogP contribution in [0.25, 0.3) is 0 Å². The van der Waals surface area contributed by atoms with Crippen molar-refractivity contribution < 1.29 is 9.53 Å². The minimum atomic E-state index is 0.00442. The maximum atomic E-state index is 12.7. The first-order chi connectivity index (χ1) is 12.6. The molecule has 3 rings (SSSR count). The molecule has 1 aliphatic rings. The minimum absolute atomic E-state index is 0.00442. The van der Waals surface area contributed by atoms with Gasteiger partial charge in [0.1, 0.15) is 5.75 Å². The highest BCUT2D eigenvalue weighted by Crippen LogP contribution is 2.24. The third-order valence-electron chi connectivity index (χ3n) is 5.23. The van der Waals surface area contributed by atoms with Crippen LogP contribution >= 0.6 is 0 Å². The highest BCUT2D eigenvalue weighted by atomic mass is 16.5. The molecule has 4 heteroatoms. The molecule has 26 heavy (non-hydrogen) atoms. The minimum Gasteiger partial charge on any atom is -0.497 e. The van der Waals surface area contributed by atoms with E-state index < -0.39 is 0 Å². The lowest BCUT2D eigenvalue weighted by atomic mass is 9.88. The van der Waals surface area contributed by atoms with Gasteiger partial charge >= 0.3 is 6.03 Å². The van der Waals surface area contributed by atoms with Gasteiger partial charge in [-0.15, -0.1) is 0 Å². The second-order valence-corrected chi connectivity index (χ2v) is 7.18. The van der Waals surface area contributed by atoms with Gasteiger partial charge in [0.25, 0.3) is 0 Å². The fourth-order valence-electron chi connectivity index (χ4n) is 3.69. The molecule has 2 aromatic carbocycles. The normalized spacial score (nSPS) is 17.1. The first kappa shape index (κ1) is 18.3. The Labute approximate surface area is 156 Å². The summed E-state index contributed by atoms with van der Waals surface area (Å²) in [6.45, 7) is 2.04. The smallest absolute Gasteiger partial charge is 0.317 e. The van der Waals surface area contributed by atoms with E-state index in [1.54, 1.807) is 7.11 Å². The van der Waals surface area contributed by atoms with E-state index >= 15 is 0 Å². The molecule has 1 aliphatic carbocycles. The predicted molar refractivity (Wildman–Crippen MR) is 105 cm³/mol. The van der Waals surface area contributed by atoms with E-state index in [0.29, 0.717) is 0 Å². The summed E-state index contributed by atoms with van der Waals surface area (Å²) >= 11 is 0. The van der Waals surface area contributed by atoms with Crippen molar-refractivity contribution in [2.45, 2.75) is 44.7 Å². The van der Waals surface area contributed by atoms with Crippen LogP contribution in [0.5, 0.6) is 5.75 Å². The molecular weight excluding hydrogens is 324 g/mol. The Bertz CT molecular complexity index is 759. The Balaban J connectivity index is 1.55. The van der Waals surface area contributed by atoms with Crippen molar-refractivity contribution in [2.24, 2.45) is 0 Å². The number of urea groups is 1. The highest BCUT2D eigenvalue weighted by molar-refractivity contribution is 5.74. The van der Waals surface area contributed by atoms with Crippen molar-refractivity contribution in [1.82, 2.24) is 10.2 Å². The molecule has 0 bridgehead atoms. The van der Waals surface area contributed by atoms with Crippen molar-refractivity contribution in [3.05, 3.63) is 65.2 Å². The maximum absolute atomic E-state index is 12.7. The number of rotatable bonds is 5. The van der Waals surface area contributed by atoms with Gasteiger partial charge in [-0.05, 0) is 61.4 Å². The summed E-state index contributed by atoms with van der Waals surface area (Å²) in [6.07, 6.45) is 3.78. The van der Waals surface area contributed by atoms with E-state index in [0.717, 1.165) is 37.0 Å². The van der Waals surface area contributed by atoms with Crippen molar-refractivity contribution >= 4 is 6.03 Å². The van der Waals surface area contributed by atoms with E-state index in [9.17, 15) is 4.79 Å². The van der Waals surface area contributed by atoms with Gasteiger partial charge in [0.15, 0.2) is 0 Å². The number of fused-ring (bicyclic) bond motifs is 1. The van der Waals surface area contributed by atoms with Gasteiger partial charge in [0.2, 0.25) is 0 Å². The number of methoxy groups -OCH3 is 1. The van der Waals surface area contributed by atoms with Gasteiger partial charge in [0, 0.05) is 19.1 Å². The Morgan fingerprint density at radius 3 is 2.77 bits per heavy atom. The Morgan fingerprint density at radius 1 is 1.23 bits per heavy atom. The summed E-state index contributed by atoms with van der Waals surface area (Å²) in [5.74, 6) is 0.846. The topological polar surface area (TPSA) is 41.6 Å². The number of carbonyl (C=O) groups excluding carboxylic acids is 1. The van der Waals surface area contributed by atoms with Gasteiger partial charge in [-0.2, -0.15) is 0 Å². The number of nitrogens with one attached hydrogen (secondary N) is 1. The average molecular weight is 352 g/mol. The molecule has 0 fully saturated rings. The van der Waals surface area contributed by atoms with Gasteiger partial charge in [-0.1, -0.05) is 36.4 Å². The third-order valence-corrected chi connectivity index (χ3v) is 5.23. The lowest BCUT2D eigenvalue weighted by molar-refractivity contribution is 0.181. The van der Waals surface area contributed by atoms with E-state index in [2.05, 4.69) is 35.6 Å². The van der Waals surface area contributed by atoms with E-state index in [1.807, 2.05) is 37.1 Å². The van der Waals surface area contributed by atoms with Crippen molar-refractivity contribution in [3.63, 3.8) is 0 Å². The third kappa shape index (κ3) is 4.37. The molecule has 1 N–H and O–H groups in total. The zero-order chi connectivity index (χ0) is 18.5. The van der Waals surface area contributed by atoms with E-state index in [4.69, 9.17) is 4.74 Å². The number of hydrogen-bond acceptors (Lipinski definition) is 2. The summed E-state index contributed by atoms with van der Waals surface area (Å²) in [5.41, 5.74) is 3.95. The number of hydrogen-bond donors (Lipinski definition) is 1. The zero-order valence-electron chi connectivity index (χ0n) is 15.9. The molecule has 138 valence electrons. The molecule has 2 atom stereocenters. The molecule has 0 aliphatic heterocycles. The number of carbonyl (C=O) groups is 1. The second kappa shape index (κ2) is 8.26. The molecule has 0 saturated heterocycles. The molecule has 4 nitrogen and oxygen atoms in total. The first-order valence-electron chi connectivity index (χ1n) is 9.30. The summed E-state index contributed by atoms with van der Waals surface area (Å²) in [4.78, 5) is 14.5. The largest absolute Gasteiger partial charge is 0.497 e. The van der Waals surface area contributed by atoms with Crippen LogP contribution < -0.4 is 10.1 Å². The fourth-order valence-corrected chi connectivity index (χ4v) is 3.69. The average Bonchev–Trinajstić information content (AvgIpc) is 2.67. The van der Waals surface area contributed by atoms with E-state index in [-0.39, 0.29) is 18.1 Å². The van der Waals surface area contributed by atoms with Crippen molar-refractivity contribution in [1.29, 1.82) is 0 Å². The molecule has 0 heterocycles. The molecular formula is C22H28N2O2. The second-order valence-electron chi connectivity index (χ2n) is 7.18. The maximum Gasteiger partial charge on any atom is 0.317 e. The van der Waals surface area contributed by atoms with Crippen LogP contribution in [0.1, 0.15) is 30.0 Å². The molecule has 0 spiro atoms. The van der Waals surface area contributed by atoms with Crippen molar-refractivity contribution in [2.75, 3.05) is 14.2 Å². The van der Waals surface area contributed by atoms with Gasteiger partial charge in [-0.25, -0.2) is 4.79 Å². The van der Waals surface area contributed by atoms with Crippen LogP contribution in [0.3, 0.4) is 0 Å². The van der Waals surface area contributed by atoms with E-state index in [1.165, 1.54) is 11.1 Å². The number of nitrogens with zero attached hydrogens (tertiary/aromatic N) is 1. The monoisotopic (exact) mass is 352 g/mol. The number of likely N-dealkylation sites (N-methyl/N-ethyl adjacent to an activating group) is 1. The Kier molecular flexibility index (Phi) is 5.82. The van der Waals surface area contributed by atoms with Gasteiger partial charge < -0.3 is 15.0 Å². The molecule has 2 amide bonds. The standard InChI is InChI=1S/C22H28N2O2/c1-16(13-17-7-6-10-21(14-17)26-3)23-22(25)24(2)20-12-11-18-8-4-5-9-19(18)15-20/h4-10,14,16,20H,11-13,15H2,1-3H3,(H,23,25). The number of amides is 2. The zero-order valence-corrected chi connectivity index (χ0v) is 15.9. The van der Waals surface area contributed by atoms with Crippen LogP contribution in [0.4, 0.5) is 4.79 Å². The summed E-state index contributed by atoms with van der Waals surface area (Å²) < 4.78 is 5.27. The molecule has 0 saturated carbocycles. The summed E-state index contributed by atoms with van der Waals surface area (Å²) in [7, 11) is 3.58. The number of benzene rings is 2. The van der Waals surface area contributed by atoms with Crippen LogP contribution in [-0.4, -0.2) is 37.2 Å². The number of aryl methyl sites for hydroxylation is 1. The highest BCUT2D eigenvalue weighted by Gasteiger charge is 2.25. The summed E-state index contributed by atoms with van der Waals surface area (Å²) in [5, 5.41) is 3.13. The lowest BCUT2D eigenvalue weighted by Crippen LogP contribution is -2.48.